The number of hydrogen-bond donors (Lipinski definition) is 0. The highest BCUT2D eigenvalue weighted by Crippen LogP contribution is 2.30. The first kappa shape index (κ1) is 17.7. The molecule has 2 aromatic carbocycles. The van der Waals surface area contributed by atoms with Crippen LogP contribution in [0.15, 0.2) is 64.2 Å². The minimum Gasteiger partial charge on any atom is -0.298 e. The van der Waals surface area contributed by atoms with Gasteiger partial charge >= 0.3 is 0 Å². The summed E-state index contributed by atoms with van der Waals surface area (Å²) in [5, 5.41) is 18.7. The zero-order chi connectivity index (χ0) is 17.6. The first-order valence-corrected chi connectivity index (χ1v) is 9.71. The van der Waals surface area contributed by atoms with Crippen LogP contribution in [0.2, 0.25) is 0 Å². The van der Waals surface area contributed by atoms with Crippen LogP contribution in [0.25, 0.3) is 11.4 Å². The zero-order valence-electron chi connectivity index (χ0n) is 13.8. The Morgan fingerprint density at radius 3 is 2.56 bits per heavy atom. The lowest BCUT2D eigenvalue weighted by Gasteiger charge is -2.11. The third-order valence-electron chi connectivity index (χ3n) is 3.70. The summed E-state index contributed by atoms with van der Waals surface area (Å²) in [4.78, 5) is 0. The van der Waals surface area contributed by atoms with Crippen molar-refractivity contribution < 1.29 is 0 Å². The lowest BCUT2D eigenvalue weighted by molar-refractivity contribution is 0.712. The summed E-state index contributed by atoms with van der Waals surface area (Å²) in [6.45, 7) is 2.60. The van der Waals surface area contributed by atoms with Gasteiger partial charge in [0, 0.05) is 15.8 Å². The monoisotopic (exact) mass is 412 g/mol. The number of hydrogen-bond acceptors (Lipinski definition) is 4. The van der Waals surface area contributed by atoms with E-state index in [1.165, 1.54) is 5.56 Å². The van der Waals surface area contributed by atoms with E-state index in [2.05, 4.69) is 48.9 Å². The van der Waals surface area contributed by atoms with Crippen molar-refractivity contribution >= 4 is 27.7 Å². The second kappa shape index (κ2) is 8.32. The van der Waals surface area contributed by atoms with Gasteiger partial charge in [0.1, 0.15) is 0 Å². The number of halogens is 1. The SMILES string of the molecule is C[C@H](C#N)CSc1nnc(-c2ccccc2Br)n1Cc1ccccc1. The predicted octanol–water partition coefficient (Wildman–Crippen LogP) is 5.01. The molecule has 6 heteroatoms. The normalized spacial score (nSPS) is 11.9. The maximum atomic E-state index is 9.02. The van der Waals surface area contributed by atoms with Gasteiger partial charge in [0.15, 0.2) is 11.0 Å². The Labute approximate surface area is 160 Å². The third kappa shape index (κ3) is 4.30. The van der Waals surface area contributed by atoms with Gasteiger partial charge in [-0.05, 0) is 18.6 Å². The number of rotatable bonds is 6. The smallest absolute Gasteiger partial charge is 0.191 e. The van der Waals surface area contributed by atoms with Gasteiger partial charge in [0.25, 0.3) is 0 Å². The quantitative estimate of drug-likeness (QED) is 0.534. The van der Waals surface area contributed by atoms with Crippen LogP contribution in [0.4, 0.5) is 0 Å². The number of aromatic nitrogens is 3. The predicted molar refractivity (Wildman–Crippen MR) is 104 cm³/mol. The Balaban J connectivity index is 1.99. The van der Waals surface area contributed by atoms with Crippen LogP contribution >= 0.6 is 27.7 Å². The van der Waals surface area contributed by atoms with Crippen LogP contribution in [-0.2, 0) is 6.54 Å². The Morgan fingerprint density at radius 2 is 1.84 bits per heavy atom. The van der Waals surface area contributed by atoms with Crippen LogP contribution in [-0.4, -0.2) is 20.5 Å². The standard InChI is InChI=1S/C19H17BrN4S/c1-14(11-21)13-25-19-23-22-18(16-9-5-6-10-17(16)20)24(19)12-15-7-3-2-4-8-15/h2-10,14H,12-13H2,1H3/t14-/m1/s1. The van der Waals surface area contributed by atoms with Gasteiger partial charge in [-0.25, -0.2) is 0 Å². The fourth-order valence-electron chi connectivity index (χ4n) is 2.38. The van der Waals surface area contributed by atoms with Gasteiger partial charge in [0.2, 0.25) is 0 Å². The highest BCUT2D eigenvalue weighted by atomic mass is 79.9. The van der Waals surface area contributed by atoms with Crippen molar-refractivity contribution in [3.63, 3.8) is 0 Å². The average molecular weight is 413 g/mol. The molecule has 126 valence electrons. The molecule has 4 nitrogen and oxygen atoms in total. The lowest BCUT2D eigenvalue weighted by Crippen LogP contribution is -2.05. The second-order valence-electron chi connectivity index (χ2n) is 5.70. The highest BCUT2D eigenvalue weighted by Gasteiger charge is 2.17. The molecule has 25 heavy (non-hydrogen) atoms. The number of nitrogens with zero attached hydrogens (tertiary/aromatic N) is 4. The van der Waals surface area contributed by atoms with Gasteiger partial charge in [-0.15, -0.1) is 10.2 Å². The molecule has 1 atom stereocenters. The Kier molecular flexibility index (Phi) is 5.90. The van der Waals surface area contributed by atoms with Crippen molar-refractivity contribution in [1.82, 2.24) is 14.8 Å². The second-order valence-corrected chi connectivity index (χ2v) is 7.54. The van der Waals surface area contributed by atoms with Crippen LogP contribution in [0.3, 0.4) is 0 Å². The fraction of sp³-hybridized carbons (Fsp3) is 0.211. The lowest BCUT2D eigenvalue weighted by atomic mass is 10.2. The molecular weight excluding hydrogens is 396 g/mol. The van der Waals surface area contributed by atoms with Crippen molar-refractivity contribution in [3.05, 3.63) is 64.6 Å². The van der Waals surface area contributed by atoms with Crippen molar-refractivity contribution in [2.45, 2.75) is 18.6 Å². The van der Waals surface area contributed by atoms with Crippen LogP contribution in [0, 0.1) is 17.2 Å². The zero-order valence-corrected chi connectivity index (χ0v) is 16.2. The Hall–Kier alpha value is -2.10. The van der Waals surface area contributed by atoms with Gasteiger partial charge < -0.3 is 0 Å². The largest absolute Gasteiger partial charge is 0.298 e. The molecule has 1 heterocycles. The highest BCUT2D eigenvalue weighted by molar-refractivity contribution is 9.10. The summed E-state index contributed by atoms with van der Waals surface area (Å²) in [5.74, 6) is 1.49. The molecule has 0 bridgehead atoms. The maximum Gasteiger partial charge on any atom is 0.191 e. The van der Waals surface area contributed by atoms with Gasteiger partial charge in [-0.2, -0.15) is 5.26 Å². The minimum atomic E-state index is -0.0289. The van der Waals surface area contributed by atoms with E-state index in [1.54, 1.807) is 11.8 Å². The maximum absolute atomic E-state index is 9.02. The molecule has 0 amide bonds. The Bertz CT molecular complexity index is 886. The first-order chi connectivity index (χ1) is 12.2. The summed E-state index contributed by atoms with van der Waals surface area (Å²) in [5.41, 5.74) is 2.19. The average Bonchev–Trinajstić information content (AvgIpc) is 3.03. The minimum absolute atomic E-state index is 0.0289. The summed E-state index contributed by atoms with van der Waals surface area (Å²) in [6.07, 6.45) is 0. The van der Waals surface area contributed by atoms with Crippen LogP contribution in [0.1, 0.15) is 12.5 Å². The van der Waals surface area contributed by atoms with E-state index >= 15 is 0 Å². The first-order valence-electron chi connectivity index (χ1n) is 7.93. The van der Waals surface area contributed by atoms with Gasteiger partial charge in [-0.1, -0.05) is 76.2 Å². The van der Waals surface area contributed by atoms with Gasteiger partial charge in [0.05, 0.1) is 18.5 Å². The van der Waals surface area contributed by atoms with Crippen molar-refractivity contribution in [2.24, 2.45) is 5.92 Å². The molecule has 0 aliphatic heterocycles. The van der Waals surface area contributed by atoms with Crippen molar-refractivity contribution in [2.75, 3.05) is 5.75 Å². The van der Waals surface area contributed by atoms with E-state index in [-0.39, 0.29) is 5.92 Å². The van der Waals surface area contributed by atoms with E-state index in [9.17, 15) is 0 Å². The number of benzene rings is 2. The molecule has 0 fully saturated rings. The van der Waals surface area contributed by atoms with E-state index in [0.29, 0.717) is 12.3 Å². The van der Waals surface area contributed by atoms with Gasteiger partial charge in [-0.3, -0.25) is 4.57 Å². The van der Waals surface area contributed by atoms with Crippen LogP contribution in [0.5, 0.6) is 0 Å². The van der Waals surface area contributed by atoms with Crippen molar-refractivity contribution in [3.8, 4) is 17.5 Å². The molecule has 0 spiro atoms. The topological polar surface area (TPSA) is 54.5 Å². The third-order valence-corrected chi connectivity index (χ3v) is 5.62. The van der Waals surface area contributed by atoms with E-state index in [1.807, 2.05) is 49.4 Å². The molecule has 3 rings (SSSR count). The molecular formula is C19H17BrN4S. The van der Waals surface area contributed by atoms with E-state index in [4.69, 9.17) is 5.26 Å². The summed E-state index contributed by atoms with van der Waals surface area (Å²) in [7, 11) is 0. The van der Waals surface area contributed by atoms with E-state index in [0.717, 1.165) is 21.0 Å². The molecule has 0 radical (unpaired) electrons. The summed E-state index contributed by atoms with van der Waals surface area (Å²) < 4.78 is 3.10. The molecule has 0 aliphatic carbocycles. The molecule has 0 aliphatic rings. The summed E-state index contributed by atoms with van der Waals surface area (Å²) in [6, 6.07) is 20.5. The van der Waals surface area contributed by atoms with Crippen molar-refractivity contribution in [1.29, 1.82) is 5.26 Å². The fourth-order valence-corrected chi connectivity index (χ4v) is 3.72. The van der Waals surface area contributed by atoms with E-state index < -0.39 is 0 Å². The molecule has 0 unspecified atom stereocenters. The molecule has 1 aromatic heterocycles. The molecule has 3 aromatic rings. The van der Waals surface area contributed by atoms with Crippen LogP contribution < -0.4 is 0 Å². The molecule has 0 saturated heterocycles. The summed E-state index contributed by atoms with van der Waals surface area (Å²) >= 11 is 5.18. The molecule has 0 saturated carbocycles. The Morgan fingerprint density at radius 1 is 1.12 bits per heavy atom. The molecule has 0 N–H and O–H groups in total. The number of nitriles is 1. The number of thioether (sulfide) groups is 1.